The maximum Gasteiger partial charge on any atom is 0.243 e. The zero-order valence-corrected chi connectivity index (χ0v) is 16.2. The van der Waals surface area contributed by atoms with E-state index in [1.807, 2.05) is 6.92 Å². The van der Waals surface area contributed by atoms with Crippen LogP contribution in [0.25, 0.3) is 0 Å². The summed E-state index contributed by atoms with van der Waals surface area (Å²) in [5.74, 6) is 0.406. The summed E-state index contributed by atoms with van der Waals surface area (Å²) in [6.07, 6.45) is 4.37. The number of rotatable bonds is 6. The first kappa shape index (κ1) is 19.4. The largest absolute Gasteiger partial charge is 0.504 e. The summed E-state index contributed by atoms with van der Waals surface area (Å²) in [6, 6.07) is 11.7. The van der Waals surface area contributed by atoms with Crippen molar-refractivity contribution < 1.29 is 18.3 Å². The zero-order valence-electron chi connectivity index (χ0n) is 15.3. The zero-order chi connectivity index (χ0) is 19.3. The smallest absolute Gasteiger partial charge is 0.243 e. The van der Waals surface area contributed by atoms with Gasteiger partial charge in [0.15, 0.2) is 11.5 Å². The van der Waals surface area contributed by atoms with Gasteiger partial charge in [-0.15, -0.1) is 0 Å². The highest BCUT2D eigenvalue weighted by atomic mass is 32.2. The highest BCUT2D eigenvalue weighted by molar-refractivity contribution is 7.89. The number of para-hydroxylation sites is 1. The molecule has 1 aliphatic rings. The maximum atomic E-state index is 12.8. The number of aromatic hydroxyl groups is 1. The Hall–Kier alpha value is -2.38. The first-order valence-electron chi connectivity index (χ1n) is 9.11. The van der Waals surface area contributed by atoms with Crippen molar-refractivity contribution in [2.45, 2.75) is 31.1 Å². The minimum atomic E-state index is -3.50. The predicted molar refractivity (Wildman–Crippen MR) is 106 cm³/mol. The van der Waals surface area contributed by atoms with Crippen LogP contribution in [0.5, 0.6) is 11.5 Å². The normalized spacial score (nSPS) is 15.9. The second-order valence-electron chi connectivity index (χ2n) is 6.35. The number of aliphatic imine (C=N–C) groups is 1. The molecule has 7 heteroatoms. The van der Waals surface area contributed by atoms with Gasteiger partial charge in [-0.1, -0.05) is 18.6 Å². The summed E-state index contributed by atoms with van der Waals surface area (Å²) in [7, 11) is -3.50. The second kappa shape index (κ2) is 8.54. The van der Waals surface area contributed by atoms with Crippen molar-refractivity contribution in [1.82, 2.24) is 4.31 Å². The standard InChI is InChI=1S/C20H24N2O4S/c1-2-26-19-11-6-8-16(20(19)23)15-21-17-9-7-10-18(14-17)27(24,25)22-12-4-3-5-13-22/h6-11,14-15,23H,2-5,12-13H2,1H3. The minimum absolute atomic E-state index is 0.0141. The van der Waals surface area contributed by atoms with Gasteiger partial charge in [0.1, 0.15) is 0 Å². The van der Waals surface area contributed by atoms with Crippen LogP contribution in [0.15, 0.2) is 52.4 Å². The Morgan fingerprint density at radius 2 is 1.89 bits per heavy atom. The van der Waals surface area contributed by atoms with Crippen LogP contribution in [-0.2, 0) is 10.0 Å². The number of phenolic OH excluding ortho intramolecular Hbond substituents is 1. The lowest BCUT2D eigenvalue weighted by Crippen LogP contribution is -2.35. The minimum Gasteiger partial charge on any atom is -0.504 e. The Labute approximate surface area is 160 Å². The van der Waals surface area contributed by atoms with Crippen molar-refractivity contribution in [3.63, 3.8) is 0 Å². The van der Waals surface area contributed by atoms with Crippen LogP contribution in [0.2, 0.25) is 0 Å². The molecule has 0 spiro atoms. The molecule has 0 atom stereocenters. The first-order valence-corrected chi connectivity index (χ1v) is 10.6. The Kier molecular flexibility index (Phi) is 6.13. The van der Waals surface area contributed by atoms with Crippen LogP contribution in [0.3, 0.4) is 0 Å². The molecule has 6 nitrogen and oxygen atoms in total. The van der Waals surface area contributed by atoms with E-state index in [0.29, 0.717) is 36.7 Å². The number of hydrogen-bond donors (Lipinski definition) is 1. The highest BCUT2D eigenvalue weighted by Gasteiger charge is 2.25. The summed E-state index contributed by atoms with van der Waals surface area (Å²) in [5.41, 5.74) is 1.01. The van der Waals surface area contributed by atoms with Gasteiger partial charge >= 0.3 is 0 Å². The molecule has 0 aliphatic carbocycles. The first-order chi connectivity index (χ1) is 13.0. The third kappa shape index (κ3) is 4.48. The molecule has 0 saturated carbocycles. The van der Waals surface area contributed by atoms with E-state index < -0.39 is 10.0 Å². The number of ether oxygens (including phenoxy) is 1. The quantitative estimate of drug-likeness (QED) is 0.765. The Morgan fingerprint density at radius 1 is 1.15 bits per heavy atom. The Balaban J connectivity index is 1.84. The van der Waals surface area contributed by atoms with Crippen molar-refractivity contribution in [3.8, 4) is 11.5 Å². The summed E-state index contributed by atoms with van der Waals surface area (Å²) in [6.45, 7) is 3.42. The monoisotopic (exact) mass is 388 g/mol. The molecule has 1 fully saturated rings. The predicted octanol–water partition coefficient (Wildman–Crippen LogP) is 3.72. The van der Waals surface area contributed by atoms with Gasteiger partial charge in [0.2, 0.25) is 10.0 Å². The summed E-state index contributed by atoms with van der Waals surface area (Å²) < 4.78 is 32.5. The fraction of sp³-hybridized carbons (Fsp3) is 0.350. The summed E-state index contributed by atoms with van der Waals surface area (Å²) >= 11 is 0. The summed E-state index contributed by atoms with van der Waals surface area (Å²) in [4.78, 5) is 4.58. The highest BCUT2D eigenvalue weighted by Crippen LogP contribution is 2.29. The second-order valence-corrected chi connectivity index (χ2v) is 8.29. The van der Waals surface area contributed by atoms with E-state index in [1.54, 1.807) is 42.5 Å². The van der Waals surface area contributed by atoms with Crippen molar-refractivity contribution in [2.75, 3.05) is 19.7 Å². The maximum absolute atomic E-state index is 12.8. The molecule has 0 amide bonds. The lowest BCUT2D eigenvalue weighted by atomic mass is 10.2. The van der Waals surface area contributed by atoms with Crippen LogP contribution >= 0.6 is 0 Å². The number of hydrogen-bond acceptors (Lipinski definition) is 5. The van der Waals surface area contributed by atoms with Crippen molar-refractivity contribution in [1.29, 1.82) is 0 Å². The van der Waals surface area contributed by atoms with Gasteiger partial charge in [-0.2, -0.15) is 4.31 Å². The van der Waals surface area contributed by atoms with E-state index >= 15 is 0 Å². The Bertz CT molecular complexity index is 919. The third-order valence-corrected chi connectivity index (χ3v) is 6.35. The summed E-state index contributed by atoms with van der Waals surface area (Å²) in [5, 5.41) is 10.2. The molecule has 144 valence electrons. The molecule has 2 aromatic rings. The van der Waals surface area contributed by atoms with Crippen molar-refractivity contribution >= 4 is 21.9 Å². The average Bonchev–Trinajstić information content (AvgIpc) is 2.70. The lowest BCUT2D eigenvalue weighted by molar-refractivity contribution is 0.318. The van der Waals surface area contributed by atoms with E-state index in [1.165, 1.54) is 10.5 Å². The molecule has 0 aromatic heterocycles. The Morgan fingerprint density at radius 3 is 2.63 bits per heavy atom. The number of nitrogens with zero attached hydrogens (tertiary/aromatic N) is 2. The molecule has 1 saturated heterocycles. The van der Waals surface area contributed by atoms with E-state index in [-0.39, 0.29) is 10.6 Å². The van der Waals surface area contributed by atoms with E-state index in [0.717, 1.165) is 19.3 Å². The molecular weight excluding hydrogens is 364 g/mol. The van der Waals surface area contributed by atoms with Gasteiger partial charge < -0.3 is 9.84 Å². The van der Waals surface area contributed by atoms with Crippen LogP contribution in [0.4, 0.5) is 5.69 Å². The topological polar surface area (TPSA) is 79.2 Å². The molecule has 1 N–H and O–H groups in total. The van der Waals surface area contributed by atoms with Crippen LogP contribution in [0.1, 0.15) is 31.7 Å². The van der Waals surface area contributed by atoms with Gasteiger partial charge in [0.25, 0.3) is 0 Å². The lowest BCUT2D eigenvalue weighted by Gasteiger charge is -2.25. The number of piperidine rings is 1. The molecule has 0 unspecified atom stereocenters. The van der Waals surface area contributed by atoms with E-state index in [2.05, 4.69) is 4.99 Å². The molecule has 2 aromatic carbocycles. The average molecular weight is 388 g/mol. The van der Waals surface area contributed by atoms with Crippen LogP contribution in [-0.4, -0.2) is 43.7 Å². The molecule has 0 radical (unpaired) electrons. The molecule has 27 heavy (non-hydrogen) atoms. The van der Waals surface area contributed by atoms with Gasteiger partial charge in [-0.05, 0) is 50.1 Å². The van der Waals surface area contributed by atoms with E-state index in [9.17, 15) is 13.5 Å². The molecule has 1 aliphatic heterocycles. The number of benzene rings is 2. The fourth-order valence-corrected chi connectivity index (χ4v) is 4.60. The van der Waals surface area contributed by atoms with Gasteiger partial charge in [-0.25, -0.2) is 8.42 Å². The molecule has 0 bridgehead atoms. The van der Waals surface area contributed by atoms with Gasteiger partial charge in [0.05, 0.1) is 17.2 Å². The number of sulfonamides is 1. The van der Waals surface area contributed by atoms with Gasteiger partial charge in [-0.3, -0.25) is 4.99 Å². The van der Waals surface area contributed by atoms with Crippen molar-refractivity contribution in [2.24, 2.45) is 4.99 Å². The van der Waals surface area contributed by atoms with Gasteiger partial charge in [0, 0.05) is 24.9 Å². The van der Waals surface area contributed by atoms with Crippen LogP contribution in [0, 0.1) is 0 Å². The third-order valence-electron chi connectivity index (χ3n) is 4.45. The fourth-order valence-electron chi connectivity index (χ4n) is 3.04. The SMILES string of the molecule is CCOc1cccc(C=Nc2cccc(S(=O)(=O)N3CCCCC3)c2)c1O. The number of phenols is 1. The molecule has 3 rings (SSSR count). The molecule has 1 heterocycles. The van der Waals surface area contributed by atoms with Crippen molar-refractivity contribution in [3.05, 3.63) is 48.0 Å². The van der Waals surface area contributed by atoms with Crippen LogP contribution < -0.4 is 4.74 Å². The molecular formula is C20H24N2O4S. The van der Waals surface area contributed by atoms with E-state index in [4.69, 9.17) is 4.74 Å².